The third-order valence-corrected chi connectivity index (χ3v) is 3.65. The van der Waals surface area contributed by atoms with Crippen molar-refractivity contribution in [1.82, 2.24) is 4.90 Å². The van der Waals surface area contributed by atoms with Gasteiger partial charge in [0.25, 0.3) is 0 Å². The summed E-state index contributed by atoms with van der Waals surface area (Å²) in [7, 11) is 1.58. The van der Waals surface area contributed by atoms with Crippen LogP contribution >= 0.6 is 0 Å². The van der Waals surface area contributed by atoms with Crippen LogP contribution in [0.3, 0.4) is 0 Å². The summed E-state index contributed by atoms with van der Waals surface area (Å²) in [5.74, 6) is 0.638. The Labute approximate surface area is 104 Å². The summed E-state index contributed by atoms with van der Waals surface area (Å²) in [6.07, 6.45) is 4.49. The molecule has 17 heavy (non-hydrogen) atoms. The second-order valence-electron chi connectivity index (χ2n) is 5.07. The first-order chi connectivity index (χ1) is 8.11. The SMILES string of the molecule is CCCC1C(C)CCCN1C(=O)C(N)COC. The second-order valence-corrected chi connectivity index (χ2v) is 5.07. The number of carbonyl (C=O) groups is 1. The summed E-state index contributed by atoms with van der Waals surface area (Å²) in [4.78, 5) is 14.2. The molecule has 0 aromatic rings. The number of ether oxygens (including phenoxy) is 1. The average molecular weight is 242 g/mol. The number of likely N-dealkylation sites (tertiary alicyclic amines) is 1. The van der Waals surface area contributed by atoms with Crippen LogP contribution in [-0.2, 0) is 9.53 Å². The van der Waals surface area contributed by atoms with E-state index >= 15 is 0 Å². The standard InChI is InChI=1S/C13H26N2O2/c1-4-6-12-10(2)7-5-8-15(12)13(16)11(14)9-17-3/h10-12H,4-9,14H2,1-3H3. The predicted octanol–water partition coefficient (Wildman–Crippen LogP) is 1.39. The van der Waals surface area contributed by atoms with E-state index in [1.54, 1.807) is 7.11 Å². The van der Waals surface area contributed by atoms with Crippen LogP contribution in [0.15, 0.2) is 0 Å². The third-order valence-electron chi connectivity index (χ3n) is 3.65. The molecule has 1 aliphatic heterocycles. The van der Waals surface area contributed by atoms with Crippen LogP contribution in [0.4, 0.5) is 0 Å². The molecule has 4 heteroatoms. The number of carbonyl (C=O) groups excluding carboxylic acids is 1. The lowest BCUT2D eigenvalue weighted by Crippen LogP contribution is -2.54. The quantitative estimate of drug-likeness (QED) is 0.792. The molecule has 0 aliphatic carbocycles. The first-order valence-corrected chi connectivity index (χ1v) is 6.66. The van der Waals surface area contributed by atoms with Crippen LogP contribution in [0.5, 0.6) is 0 Å². The van der Waals surface area contributed by atoms with E-state index in [9.17, 15) is 4.79 Å². The lowest BCUT2D eigenvalue weighted by atomic mass is 9.87. The number of nitrogens with two attached hydrogens (primary N) is 1. The molecule has 3 atom stereocenters. The van der Waals surface area contributed by atoms with Crippen molar-refractivity contribution < 1.29 is 9.53 Å². The van der Waals surface area contributed by atoms with Crippen LogP contribution in [-0.4, -0.2) is 43.2 Å². The van der Waals surface area contributed by atoms with E-state index in [0.29, 0.717) is 18.6 Å². The van der Waals surface area contributed by atoms with Gasteiger partial charge in [-0.2, -0.15) is 0 Å². The van der Waals surface area contributed by atoms with E-state index in [1.807, 2.05) is 4.90 Å². The molecule has 3 unspecified atom stereocenters. The molecule has 1 rings (SSSR count). The lowest BCUT2D eigenvalue weighted by molar-refractivity contribution is -0.139. The minimum absolute atomic E-state index is 0.0526. The molecule has 1 fully saturated rings. The number of hydrogen-bond acceptors (Lipinski definition) is 3. The third kappa shape index (κ3) is 3.68. The molecule has 2 N–H and O–H groups in total. The molecule has 0 bridgehead atoms. The van der Waals surface area contributed by atoms with Gasteiger partial charge >= 0.3 is 0 Å². The zero-order chi connectivity index (χ0) is 12.8. The first-order valence-electron chi connectivity index (χ1n) is 6.66. The van der Waals surface area contributed by atoms with Gasteiger partial charge in [-0.1, -0.05) is 20.3 Å². The van der Waals surface area contributed by atoms with E-state index in [-0.39, 0.29) is 5.91 Å². The molecule has 0 aromatic heterocycles. The Balaban J connectivity index is 2.67. The highest BCUT2D eigenvalue weighted by molar-refractivity contribution is 5.82. The van der Waals surface area contributed by atoms with Gasteiger partial charge in [0.2, 0.25) is 5.91 Å². The maximum atomic E-state index is 12.2. The maximum Gasteiger partial charge on any atom is 0.242 e. The van der Waals surface area contributed by atoms with Gasteiger partial charge < -0.3 is 15.4 Å². The number of methoxy groups -OCH3 is 1. The van der Waals surface area contributed by atoms with Crippen molar-refractivity contribution >= 4 is 5.91 Å². The summed E-state index contributed by atoms with van der Waals surface area (Å²) in [6, 6.07) is -0.145. The maximum absolute atomic E-state index is 12.2. The van der Waals surface area contributed by atoms with Gasteiger partial charge in [-0.05, 0) is 25.2 Å². The molecule has 0 saturated carbocycles. The first kappa shape index (κ1) is 14.5. The minimum atomic E-state index is -0.510. The van der Waals surface area contributed by atoms with Gasteiger partial charge in [-0.3, -0.25) is 4.79 Å². The van der Waals surface area contributed by atoms with Crippen LogP contribution in [0.25, 0.3) is 0 Å². The predicted molar refractivity (Wildman–Crippen MR) is 68.7 cm³/mol. The van der Waals surface area contributed by atoms with Gasteiger partial charge in [-0.15, -0.1) is 0 Å². The Bertz CT molecular complexity index is 246. The highest BCUT2D eigenvalue weighted by Gasteiger charge is 2.33. The van der Waals surface area contributed by atoms with Crippen LogP contribution in [0, 0.1) is 5.92 Å². The molecular weight excluding hydrogens is 216 g/mol. The van der Waals surface area contributed by atoms with Crippen molar-refractivity contribution in [3.63, 3.8) is 0 Å². The summed E-state index contributed by atoms with van der Waals surface area (Å²) in [6.45, 7) is 5.56. The summed E-state index contributed by atoms with van der Waals surface area (Å²) >= 11 is 0. The highest BCUT2D eigenvalue weighted by Crippen LogP contribution is 2.26. The molecule has 4 nitrogen and oxygen atoms in total. The van der Waals surface area contributed by atoms with Crippen LogP contribution in [0.1, 0.15) is 39.5 Å². The summed E-state index contributed by atoms with van der Waals surface area (Å²) in [5.41, 5.74) is 5.85. The van der Waals surface area contributed by atoms with E-state index < -0.39 is 6.04 Å². The van der Waals surface area contributed by atoms with Gasteiger partial charge in [0.1, 0.15) is 6.04 Å². The molecule has 1 aliphatic rings. The van der Waals surface area contributed by atoms with Crippen molar-refractivity contribution in [3.8, 4) is 0 Å². The normalized spacial score (nSPS) is 26.9. The number of hydrogen-bond donors (Lipinski definition) is 1. The number of amides is 1. The topological polar surface area (TPSA) is 55.6 Å². The van der Waals surface area contributed by atoms with Crippen LogP contribution < -0.4 is 5.73 Å². The van der Waals surface area contributed by atoms with Crippen molar-refractivity contribution in [3.05, 3.63) is 0 Å². The Morgan fingerprint density at radius 2 is 2.29 bits per heavy atom. The van der Waals surface area contributed by atoms with Gasteiger partial charge in [0.05, 0.1) is 6.61 Å². The Morgan fingerprint density at radius 3 is 2.88 bits per heavy atom. The van der Waals surface area contributed by atoms with Gasteiger partial charge in [0.15, 0.2) is 0 Å². The zero-order valence-electron chi connectivity index (χ0n) is 11.3. The molecule has 0 spiro atoms. The fraction of sp³-hybridized carbons (Fsp3) is 0.923. The van der Waals surface area contributed by atoms with E-state index in [0.717, 1.165) is 25.8 Å². The van der Waals surface area contributed by atoms with Crippen molar-refractivity contribution in [2.45, 2.75) is 51.6 Å². The fourth-order valence-electron chi connectivity index (χ4n) is 2.72. The number of rotatable bonds is 5. The summed E-state index contributed by atoms with van der Waals surface area (Å²) < 4.78 is 4.97. The molecular formula is C13H26N2O2. The fourth-order valence-corrected chi connectivity index (χ4v) is 2.72. The van der Waals surface area contributed by atoms with Gasteiger partial charge in [0, 0.05) is 19.7 Å². The van der Waals surface area contributed by atoms with Crippen molar-refractivity contribution in [2.75, 3.05) is 20.3 Å². The molecule has 0 radical (unpaired) electrons. The lowest BCUT2D eigenvalue weighted by Gasteiger charge is -2.41. The van der Waals surface area contributed by atoms with Gasteiger partial charge in [-0.25, -0.2) is 0 Å². The highest BCUT2D eigenvalue weighted by atomic mass is 16.5. The minimum Gasteiger partial charge on any atom is -0.383 e. The largest absolute Gasteiger partial charge is 0.383 e. The average Bonchev–Trinajstić information content (AvgIpc) is 2.31. The Kier molecular flexibility index (Phi) is 5.92. The zero-order valence-corrected chi connectivity index (χ0v) is 11.3. The molecule has 100 valence electrons. The number of nitrogens with zero attached hydrogens (tertiary/aromatic N) is 1. The second kappa shape index (κ2) is 6.97. The Morgan fingerprint density at radius 1 is 1.59 bits per heavy atom. The van der Waals surface area contributed by atoms with E-state index in [4.69, 9.17) is 10.5 Å². The van der Waals surface area contributed by atoms with E-state index in [2.05, 4.69) is 13.8 Å². The molecule has 1 amide bonds. The molecule has 1 saturated heterocycles. The molecule has 0 aromatic carbocycles. The van der Waals surface area contributed by atoms with Crippen LogP contribution in [0.2, 0.25) is 0 Å². The molecule has 1 heterocycles. The smallest absolute Gasteiger partial charge is 0.242 e. The Hall–Kier alpha value is -0.610. The van der Waals surface area contributed by atoms with Crippen molar-refractivity contribution in [1.29, 1.82) is 0 Å². The number of piperidine rings is 1. The monoisotopic (exact) mass is 242 g/mol. The van der Waals surface area contributed by atoms with Crippen molar-refractivity contribution in [2.24, 2.45) is 11.7 Å². The van der Waals surface area contributed by atoms with E-state index in [1.165, 1.54) is 6.42 Å². The summed E-state index contributed by atoms with van der Waals surface area (Å²) in [5, 5.41) is 0.